The fourth-order valence-corrected chi connectivity index (χ4v) is 8.62. The number of aromatic carboxylic acids is 1. The summed E-state index contributed by atoms with van der Waals surface area (Å²) in [5.74, 6) is -2.45. The molecule has 2 N–H and O–H groups in total. The zero-order valence-corrected chi connectivity index (χ0v) is 37.3. The van der Waals surface area contributed by atoms with Crippen molar-refractivity contribution in [2.45, 2.75) is 66.6 Å². The van der Waals surface area contributed by atoms with Crippen LogP contribution in [-0.4, -0.2) is 121 Å². The minimum Gasteiger partial charge on any atom is -0.494 e. The van der Waals surface area contributed by atoms with Gasteiger partial charge in [0.05, 0.1) is 79.0 Å². The van der Waals surface area contributed by atoms with Gasteiger partial charge in [0.25, 0.3) is 5.91 Å². The number of imidazole rings is 2. The summed E-state index contributed by atoms with van der Waals surface area (Å²) in [7, 11) is 2.70. The van der Waals surface area contributed by atoms with Gasteiger partial charge in [-0.15, -0.1) is 11.3 Å². The molecule has 0 atom stereocenters. The molecule has 0 unspecified atom stereocenters. The maximum atomic E-state index is 15.4. The lowest BCUT2D eigenvalue weighted by atomic mass is 10.1. The Hall–Kier alpha value is -6.51. The van der Waals surface area contributed by atoms with E-state index in [4.69, 9.17) is 23.9 Å². The number of carboxylic acid groups (broad SMARTS) is 1. The van der Waals surface area contributed by atoms with E-state index in [1.54, 1.807) is 28.2 Å². The number of hydrogen-bond acceptors (Lipinski definition) is 14. The number of allylic oxidation sites excluding steroid dienone is 2. The van der Waals surface area contributed by atoms with Crippen molar-refractivity contribution < 1.29 is 47.6 Å². The van der Waals surface area contributed by atoms with Crippen LogP contribution < -0.4 is 14.8 Å². The second-order valence-electron chi connectivity index (χ2n) is 15.0. The molecule has 2 aromatic carbocycles. The minimum absolute atomic E-state index is 0.0469. The lowest BCUT2D eigenvalue weighted by Crippen LogP contribution is -2.37. The first-order valence-electron chi connectivity index (χ1n) is 20.9. The Labute approximate surface area is 371 Å². The molecule has 0 spiro atoms. The van der Waals surface area contributed by atoms with Gasteiger partial charge in [-0.05, 0) is 57.9 Å². The zero-order valence-electron chi connectivity index (χ0n) is 36.5. The highest BCUT2D eigenvalue weighted by atomic mass is 32.1. The van der Waals surface area contributed by atoms with E-state index in [0.717, 1.165) is 24.6 Å². The lowest BCUT2D eigenvalue weighted by Gasteiger charge is -2.26. The third-order valence-corrected chi connectivity index (χ3v) is 11.8. The van der Waals surface area contributed by atoms with Crippen molar-refractivity contribution in [3.8, 4) is 11.5 Å². The Balaban J connectivity index is 1.27. The number of ether oxygens (including phenoxy) is 4. The molecule has 20 heteroatoms. The summed E-state index contributed by atoms with van der Waals surface area (Å²) >= 11 is 1.26. The maximum Gasteiger partial charge on any atom is 0.338 e. The minimum atomic E-state index is -1.18. The van der Waals surface area contributed by atoms with Gasteiger partial charge >= 0.3 is 11.9 Å². The van der Waals surface area contributed by atoms with E-state index >= 15 is 4.39 Å². The number of morpholine rings is 1. The van der Waals surface area contributed by atoms with Gasteiger partial charge in [-0.2, -0.15) is 5.10 Å². The van der Waals surface area contributed by atoms with Crippen molar-refractivity contribution in [1.82, 2.24) is 38.8 Å². The highest BCUT2D eigenvalue weighted by Gasteiger charge is 2.27. The molecular formula is C44H50FN9O9S. The van der Waals surface area contributed by atoms with E-state index in [-0.39, 0.29) is 71.6 Å². The summed E-state index contributed by atoms with van der Waals surface area (Å²) in [6, 6.07) is 5.95. The van der Waals surface area contributed by atoms with Gasteiger partial charge in [0.1, 0.15) is 38.9 Å². The number of benzene rings is 2. The number of thiazole rings is 1. The summed E-state index contributed by atoms with van der Waals surface area (Å²) in [4.78, 5) is 69.3. The van der Waals surface area contributed by atoms with Crippen molar-refractivity contribution in [2.24, 2.45) is 0 Å². The molecule has 4 aromatic heterocycles. The largest absolute Gasteiger partial charge is 0.494 e. The number of hydrogen-bond donors (Lipinski definition) is 2. The SMILES string of the molecule is CCc1nc(C)sc1C(=O)Nc1nc2cc(C(=O)O)cc(OC)c2n1C/C=C/Cn1c(CC(=O)c2c(F)c(C)nn2CC)nc2cc(C(=O)OC)cc(OCCCN3CCOCC3)c21. The monoisotopic (exact) mass is 899 g/mol. The number of amides is 1. The van der Waals surface area contributed by atoms with Gasteiger partial charge in [0.2, 0.25) is 5.95 Å². The molecule has 338 valence electrons. The van der Waals surface area contributed by atoms with Crippen molar-refractivity contribution in [3.05, 3.63) is 86.2 Å². The maximum absolute atomic E-state index is 15.4. The number of nitrogens with zero attached hydrogens (tertiary/aromatic N) is 8. The van der Waals surface area contributed by atoms with Crippen LogP contribution in [0.15, 0.2) is 36.4 Å². The Kier molecular flexibility index (Phi) is 14.2. The van der Waals surface area contributed by atoms with Crippen molar-refractivity contribution >= 4 is 63.0 Å². The number of halogens is 1. The predicted molar refractivity (Wildman–Crippen MR) is 236 cm³/mol. The quantitative estimate of drug-likeness (QED) is 0.0420. The van der Waals surface area contributed by atoms with Crippen molar-refractivity contribution in [1.29, 1.82) is 0 Å². The molecule has 7 rings (SSSR count). The third kappa shape index (κ3) is 9.53. The summed E-state index contributed by atoms with van der Waals surface area (Å²) < 4.78 is 42.8. The molecule has 0 saturated carbocycles. The molecule has 0 radical (unpaired) electrons. The highest BCUT2D eigenvalue weighted by Crippen LogP contribution is 2.33. The van der Waals surface area contributed by atoms with E-state index < -0.39 is 29.4 Å². The number of Topliss-reactive ketones (excluding diaryl/α,β-unsaturated/α-hetero) is 1. The number of carbonyl (C=O) groups excluding carboxylic acids is 3. The van der Waals surface area contributed by atoms with Crippen LogP contribution in [0.2, 0.25) is 0 Å². The fourth-order valence-electron chi connectivity index (χ4n) is 7.72. The van der Waals surface area contributed by atoms with Crippen LogP contribution in [0, 0.1) is 19.7 Å². The van der Waals surface area contributed by atoms with Crippen LogP contribution in [0.3, 0.4) is 0 Å². The number of carboxylic acids is 1. The van der Waals surface area contributed by atoms with Crippen molar-refractivity contribution in [3.63, 3.8) is 0 Å². The third-order valence-electron chi connectivity index (χ3n) is 10.8. The first-order valence-corrected chi connectivity index (χ1v) is 21.7. The number of rotatable bonds is 19. The number of aromatic nitrogens is 7. The van der Waals surface area contributed by atoms with E-state index in [1.807, 2.05) is 26.0 Å². The molecule has 1 aliphatic rings. The molecule has 0 aliphatic carbocycles. The Morgan fingerprint density at radius 2 is 1.62 bits per heavy atom. The number of methoxy groups -OCH3 is 2. The second-order valence-corrected chi connectivity index (χ2v) is 16.2. The molecule has 6 aromatic rings. The Morgan fingerprint density at radius 1 is 0.938 bits per heavy atom. The zero-order chi connectivity index (χ0) is 45.7. The van der Waals surface area contributed by atoms with Gasteiger partial charge in [0, 0.05) is 39.3 Å². The average molecular weight is 900 g/mol. The molecular weight excluding hydrogens is 850 g/mol. The molecule has 1 aliphatic heterocycles. The predicted octanol–water partition coefficient (Wildman–Crippen LogP) is 5.91. The van der Waals surface area contributed by atoms with Gasteiger partial charge in [-0.1, -0.05) is 19.1 Å². The topological polar surface area (TPSA) is 207 Å². The summed E-state index contributed by atoms with van der Waals surface area (Å²) in [6.45, 7) is 11.6. The van der Waals surface area contributed by atoms with Gasteiger partial charge in [-0.3, -0.25) is 24.5 Å². The van der Waals surface area contributed by atoms with E-state index in [9.17, 15) is 24.3 Å². The fraction of sp³-hybridized carbons (Fsp3) is 0.409. The lowest BCUT2D eigenvalue weighted by molar-refractivity contribution is 0.0358. The molecule has 1 fully saturated rings. The summed E-state index contributed by atoms with van der Waals surface area (Å²) in [5, 5.41) is 17.7. The average Bonchev–Trinajstić information content (AvgIpc) is 4.03. The van der Waals surface area contributed by atoms with Crippen LogP contribution in [0.25, 0.3) is 22.1 Å². The smallest absolute Gasteiger partial charge is 0.338 e. The number of anilines is 1. The Bertz CT molecular complexity index is 2760. The molecule has 5 heterocycles. The van der Waals surface area contributed by atoms with Crippen LogP contribution in [0.1, 0.15) is 83.4 Å². The van der Waals surface area contributed by atoms with Gasteiger partial charge < -0.3 is 33.2 Å². The number of fused-ring (bicyclic) bond motifs is 2. The van der Waals surface area contributed by atoms with Gasteiger partial charge in [-0.25, -0.2) is 28.9 Å². The molecule has 1 saturated heterocycles. The normalized spacial score (nSPS) is 13.3. The van der Waals surface area contributed by atoms with E-state index in [1.165, 1.54) is 49.3 Å². The number of aryl methyl sites for hydroxylation is 4. The Morgan fingerprint density at radius 3 is 2.31 bits per heavy atom. The molecule has 0 bridgehead atoms. The second kappa shape index (κ2) is 19.9. The van der Waals surface area contributed by atoms with Crippen LogP contribution in [0.4, 0.5) is 10.3 Å². The summed E-state index contributed by atoms with van der Waals surface area (Å²) in [5.41, 5.74) is 2.32. The first kappa shape index (κ1) is 45.5. The van der Waals surface area contributed by atoms with E-state index in [0.29, 0.717) is 65.5 Å². The highest BCUT2D eigenvalue weighted by molar-refractivity contribution is 7.13. The standard InChI is InChI=1S/C44H50FN9O9S/c1-7-29-40(64-26(4)46-29)41(56)49-44-48-31-20-27(42(57)58)22-33(60-5)37(31)53(44)14-10-9-13-52-35(24-32(55)39-36(45)25(3)50-54(39)8-2)47-30-21-28(43(59)61-6)23-34(38(30)52)63-17-11-12-51-15-18-62-19-16-51/h9-10,20-23H,7-8,11-19,24H2,1-6H3,(H,57,58)(H,48,49,56)/b10-9+. The number of carbonyl (C=O) groups is 4. The number of esters is 1. The van der Waals surface area contributed by atoms with Crippen LogP contribution in [0.5, 0.6) is 11.5 Å². The summed E-state index contributed by atoms with van der Waals surface area (Å²) in [6.07, 6.45) is 4.55. The van der Waals surface area contributed by atoms with Crippen LogP contribution in [-0.2, 0) is 41.9 Å². The first-order chi connectivity index (χ1) is 30.8. The number of nitrogens with one attached hydrogen (secondary N) is 1. The van der Waals surface area contributed by atoms with Gasteiger partial charge in [0.15, 0.2) is 11.6 Å². The number of ketones is 1. The van der Waals surface area contributed by atoms with Crippen molar-refractivity contribution in [2.75, 3.05) is 59.0 Å². The molecule has 64 heavy (non-hydrogen) atoms. The molecule has 18 nitrogen and oxygen atoms in total. The van der Waals surface area contributed by atoms with Crippen LogP contribution >= 0.6 is 11.3 Å². The van der Waals surface area contributed by atoms with E-state index in [2.05, 4.69) is 25.3 Å². The molecule has 1 amide bonds.